The third-order valence-corrected chi connectivity index (χ3v) is 3.87. The molecule has 6 heteroatoms. The van der Waals surface area contributed by atoms with E-state index in [4.69, 9.17) is 17.3 Å². The fourth-order valence-corrected chi connectivity index (χ4v) is 2.50. The molecule has 2 rings (SSSR count). The Labute approximate surface area is 116 Å². The van der Waals surface area contributed by atoms with E-state index in [1.165, 1.54) is 12.4 Å². The molecule has 1 aromatic rings. The lowest BCUT2D eigenvalue weighted by atomic mass is 9.92. The molecular formula is C13H16ClN3O2. The first-order chi connectivity index (χ1) is 9.00. The monoisotopic (exact) mass is 281 g/mol. The molecule has 0 bridgehead atoms. The van der Waals surface area contributed by atoms with Gasteiger partial charge in [-0.05, 0) is 25.8 Å². The Balaban J connectivity index is 2.22. The highest BCUT2D eigenvalue weighted by atomic mass is 35.5. The predicted molar refractivity (Wildman–Crippen MR) is 71.7 cm³/mol. The van der Waals surface area contributed by atoms with Crippen molar-refractivity contribution >= 4 is 23.4 Å². The number of halogens is 1. The number of pyridine rings is 1. The summed E-state index contributed by atoms with van der Waals surface area (Å²) in [5, 5.41) is 0.369. The molecule has 0 spiro atoms. The number of hydrogen-bond acceptors (Lipinski definition) is 3. The van der Waals surface area contributed by atoms with E-state index in [0.717, 1.165) is 12.8 Å². The number of piperidine rings is 1. The van der Waals surface area contributed by atoms with Crippen molar-refractivity contribution in [1.29, 1.82) is 0 Å². The first-order valence-corrected chi connectivity index (χ1v) is 6.58. The number of nitrogens with two attached hydrogens (primary N) is 1. The minimum absolute atomic E-state index is 0.0689. The maximum atomic E-state index is 12.4. The van der Waals surface area contributed by atoms with E-state index in [9.17, 15) is 9.59 Å². The van der Waals surface area contributed by atoms with Crippen molar-refractivity contribution in [3.8, 4) is 0 Å². The van der Waals surface area contributed by atoms with E-state index in [1.807, 2.05) is 6.92 Å². The molecule has 2 amide bonds. The summed E-state index contributed by atoms with van der Waals surface area (Å²) in [6.07, 6.45) is 4.47. The van der Waals surface area contributed by atoms with Crippen LogP contribution in [0, 0.1) is 5.92 Å². The average molecular weight is 282 g/mol. The first-order valence-electron chi connectivity index (χ1n) is 6.20. The highest BCUT2D eigenvalue weighted by molar-refractivity contribution is 6.33. The van der Waals surface area contributed by atoms with Crippen LogP contribution in [-0.2, 0) is 4.79 Å². The van der Waals surface area contributed by atoms with Crippen molar-refractivity contribution in [3.05, 3.63) is 29.0 Å². The quantitative estimate of drug-likeness (QED) is 0.892. The van der Waals surface area contributed by atoms with Gasteiger partial charge >= 0.3 is 0 Å². The Bertz CT molecular complexity index is 506. The smallest absolute Gasteiger partial charge is 0.257 e. The second kappa shape index (κ2) is 5.57. The van der Waals surface area contributed by atoms with Crippen molar-refractivity contribution in [1.82, 2.24) is 9.88 Å². The van der Waals surface area contributed by atoms with Crippen LogP contribution in [0.5, 0.6) is 0 Å². The van der Waals surface area contributed by atoms with Crippen LogP contribution in [0.4, 0.5) is 0 Å². The van der Waals surface area contributed by atoms with Crippen LogP contribution in [0.1, 0.15) is 30.1 Å². The molecule has 2 N–H and O–H groups in total. The van der Waals surface area contributed by atoms with Crippen LogP contribution in [-0.4, -0.2) is 34.3 Å². The molecule has 1 saturated heterocycles. The lowest BCUT2D eigenvalue weighted by Crippen LogP contribution is -2.48. The maximum absolute atomic E-state index is 12.4. The van der Waals surface area contributed by atoms with Crippen LogP contribution in [0.2, 0.25) is 5.02 Å². The summed E-state index contributed by atoms with van der Waals surface area (Å²) in [6.45, 7) is 2.31. The number of hydrogen-bond donors (Lipinski definition) is 1. The number of nitrogens with zero attached hydrogens (tertiary/aromatic N) is 2. The summed E-state index contributed by atoms with van der Waals surface area (Å²) in [4.78, 5) is 29.3. The highest BCUT2D eigenvalue weighted by Gasteiger charge is 2.32. The van der Waals surface area contributed by atoms with Crippen molar-refractivity contribution in [2.24, 2.45) is 11.7 Å². The molecule has 0 radical (unpaired) electrons. The van der Waals surface area contributed by atoms with E-state index < -0.39 is 0 Å². The predicted octanol–water partition coefficient (Wildman–Crippen LogP) is 1.46. The summed E-state index contributed by atoms with van der Waals surface area (Å²) in [5.74, 6) is -0.839. The van der Waals surface area contributed by atoms with E-state index in [-0.39, 0.29) is 23.8 Å². The van der Waals surface area contributed by atoms with Gasteiger partial charge in [0.2, 0.25) is 5.91 Å². The first kappa shape index (κ1) is 13.8. The van der Waals surface area contributed by atoms with Crippen LogP contribution < -0.4 is 5.73 Å². The van der Waals surface area contributed by atoms with Crippen LogP contribution in [0.15, 0.2) is 18.5 Å². The summed E-state index contributed by atoms with van der Waals surface area (Å²) < 4.78 is 0. The molecule has 102 valence electrons. The molecule has 1 aromatic heterocycles. The minimum atomic E-state index is -0.359. The van der Waals surface area contributed by atoms with Gasteiger partial charge in [0.1, 0.15) is 0 Å². The van der Waals surface area contributed by atoms with Gasteiger partial charge in [-0.1, -0.05) is 11.6 Å². The topological polar surface area (TPSA) is 76.3 Å². The fourth-order valence-electron chi connectivity index (χ4n) is 2.31. The molecule has 19 heavy (non-hydrogen) atoms. The van der Waals surface area contributed by atoms with Crippen molar-refractivity contribution in [2.45, 2.75) is 25.8 Å². The van der Waals surface area contributed by atoms with E-state index >= 15 is 0 Å². The molecule has 0 aliphatic carbocycles. The number of carbonyl (C=O) groups excluding carboxylic acids is 2. The number of rotatable bonds is 2. The number of carbonyl (C=O) groups is 2. The van der Waals surface area contributed by atoms with E-state index in [1.54, 1.807) is 11.0 Å². The van der Waals surface area contributed by atoms with Crippen molar-refractivity contribution in [3.63, 3.8) is 0 Å². The van der Waals surface area contributed by atoms with E-state index in [2.05, 4.69) is 4.98 Å². The third-order valence-electron chi connectivity index (χ3n) is 3.54. The average Bonchev–Trinajstić information content (AvgIpc) is 2.38. The summed E-state index contributed by atoms with van der Waals surface area (Å²) in [6, 6.07) is 1.65. The normalized spacial score (nSPS) is 23.2. The Morgan fingerprint density at radius 2 is 2.21 bits per heavy atom. The molecule has 2 heterocycles. The van der Waals surface area contributed by atoms with Gasteiger partial charge in [-0.3, -0.25) is 14.6 Å². The van der Waals surface area contributed by atoms with Gasteiger partial charge in [-0.15, -0.1) is 0 Å². The molecule has 0 aromatic carbocycles. The van der Waals surface area contributed by atoms with Crippen LogP contribution >= 0.6 is 11.6 Å². The van der Waals surface area contributed by atoms with Gasteiger partial charge in [0, 0.05) is 25.0 Å². The fraction of sp³-hybridized carbons (Fsp3) is 0.462. The molecule has 5 nitrogen and oxygen atoms in total. The number of primary amides is 1. The zero-order chi connectivity index (χ0) is 14.0. The Hall–Kier alpha value is -1.62. The van der Waals surface area contributed by atoms with Crippen molar-refractivity contribution in [2.75, 3.05) is 6.54 Å². The lowest BCUT2D eigenvalue weighted by Gasteiger charge is -2.37. The SMILES string of the molecule is CC1CCC(C(N)=O)CN1C(=O)c1cnccc1Cl. The van der Waals surface area contributed by atoms with E-state index in [0.29, 0.717) is 17.1 Å². The summed E-state index contributed by atoms with van der Waals surface area (Å²) in [7, 11) is 0. The second-order valence-electron chi connectivity index (χ2n) is 4.84. The standard InChI is InChI=1S/C13H16ClN3O2/c1-8-2-3-9(12(15)18)7-17(8)13(19)10-6-16-5-4-11(10)14/h4-6,8-9H,2-3,7H2,1H3,(H2,15,18). The molecule has 1 fully saturated rings. The van der Waals surface area contributed by atoms with Crippen LogP contribution in [0.25, 0.3) is 0 Å². The summed E-state index contributed by atoms with van der Waals surface area (Å²) in [5.41, 5.74) is 5.69. The van der Waals surface area contributed by atoms with Gasteiger partial charge < -0.3 is 10.6 Å². The zero-order valence-electron chi connectivity index (χ0n) is 10.7. The minimum Gasteiger partial charge on any atom is -0.369 e. The van der Waals surface area contributed by atoms with Crippen molar-refractivity contribution < 1.29 is 9.59 Å². The molecular weight excluding hydrogens is 266 g/mol. The molecule has 1 aliphatic heterocycles. The van der Waals surface area contributed by atoms with Gasteiger partial charge in [0.05, 0.1) is 16.5 Å². The Kier molecular flexibility index (Phi) is 4.04. The molecule has 1 aliphatic rings. The number of likely N-dealkylation sites (tertiary alicyclic amines) is 1. The molecule has 2 atom stereocenters. The van der Waals surface area contributed by atoms with Gasteiger partial charge in [0.15, 0.2) is 0 Å². The zero-order valence-corrected chi connectivity index (χ0v) is 11.4. The summed E-state index contributed by atoms with van der Waals surface area (Å²) >= 11 is 6.01. The van der Waals surface area contributed by atoms with Gasteiger partial charge in [-0.2, -0.15) is 0 Å². The lowest BCUT2D eigenvalue weighted by molar-refractivity contribution is -0.123. The number of aromatic nitrogens is 1. The van der Waals surface area contributed by atoms with Gasteiger partial charge in [0.25, 0.3) is 5.91 Å². The van der Waals surface area contributed by atoms with Gasteiger partial charge in [-0.25, -0.2) is 0 Å². The maximum Gasteiger partial charge on any atom is 0.257 e. The molecule has 0 saturated carbocycles. The molecule has 2 unspecified atom stereocenters. The second-order valence-corrected chi connectivity index (χ2v) is 5.25. The Morgan fingerprint density at radius 1 is 1.47 bits per heavy atom. The Morgan fingerprint density at radius 3 is 2.84 bits per heavy atom. The third kappa shape index (κ3) is 2.87. The highest BCUT2D eigenvalue weighted by Crippen LogP contribution is 2.25. The number of amides is 2. The van der Waals surface area contributed by atoms with Crippen LogP contribution in [0.3, 0.4) is 0 Å². The largest absolute Gasteiger partial charge is 0.369 e.